The van der Waals surface area contributed by atoms with Crippen molar-refractivity contribution in [3.63, 3.8) is 0 Å². The molecule has 1 aliphatic heterocycles. The van der Waals surface area contributed by atoms with Crippen LogP contribution in [0.5, 0.6) is 0 Å². The maximum atomic E-state index is 13.9. The molecule has 0 aromatic carbocycles. The number of carboxylic acid groups (broad SMARTS) is 1. The largest absolute Gasteiger partial charge is 0.479 e. The lowest BCUT2D eigenvalue weighted by Crippen LogP contribution is -2.69. The number of carbonyl (C=O) groups is 1. The quantitative estimate of drug-likeness (QED) is 0.399. The fourth-order valence-electron chi connectivity index (χ4n) is 2.29. The Morgan fingerprint density at radius 1 is 0.806 bits per heavy atom. The van der Waals surface area contributed by atoms with E-state index in [9.17, 15) is 68.4 Å². The third kappa shape index (κ3) is 4.27. The smallest absolute Gasteiger partial charge is 0.460 e. The summed E-state index contributed by atoms with van der Waals surface area (Å²) in [6.07, 6.45) is -24.1. The first-order valence-corrected chi connectivity index (χ1v) is 7.71. The van der Waals surface area contributed by atoms with E-state index < -0.39 is 72.6 Å². The molecule has 1 rings (SSSR count). The second-order valence-electron chi connectivity index (χ2n) is 6.36. The van der Waals surface area contributed by atoms with E-state index in [1.54, 1.807) is 0 Å². The van der Waals surface area contributed by atoms with Crippen molar-refractivity contribution in [3.8, 4) is 0 Å². The Morgan fingerprint density at radius 2 is 1.26 bits per heavy atom. The highest BCUT2D eigenvalue weighted by molar-refractivity contribution is 5.73. The lowest BCUT2D eigenvalue weighted by Gasteiger charge is -2.42. The van der Waals surface area contributed by atoms with Crippen LogP contribution in [-0.2, 0) is 14.3 Å². The molecular weight excluding hydrogens is 477 g/mol. The third-order valence-electron chi connectivity index (χ3n) is 4.23. The Balaban J connectivity index is 3.24. The van der Waals surface area contributed by atoms with Gasteiger partial charge in [-0.3, -0.25) is 0 Å². The normalized spacial score (nSPS) is 30.2. The molecule has 7 nitrogen and oxygen atoms in total. The molecule has 0 spiro atoms. The SMILES string of the molecule is CC(O[C@@H]1O[C@H](C(=O)O)[C@@H](O)[C@H](O)[C@H]1O)C(F)(F)C(F)(F)C(F)(F)C(F)(F)C(F)(F)F. The molecule has 4 N–H and O–H groups in total. The van der Waals surface area contributed by atoms with Crippen LogP contribution < -0.4 is 0 Å². The van der Waals surface area contributed by atoms with Gasteiger partial charge in [-0.15, -0.1) is 0 Å². The monoisotopic (exact) mass is 490 g/mol. The zero-order chi connectivity index (χ0) is 25.0. The van der Waals surface area contributed by atoms with Gasteiger partial charge in [0.2, 0.25) is 0 Å². The summed E-state index contributed by atoms with van der Waals surface area (Å²) in [4.78, 5) is 10.8. The molecule has 18 heteroatoms. The van der Waals surface area contributed by atoms with Crippen LogP contribution in [0.15, 0.2) is 0 Å². The van der Waals surface area contributed by atoms with Crippen LogP contribution in [0.1, 0.15) is 6.92 Å². The highest BCUT2D eigenvalue weighted by Gasteiger charge is 2.88. The maximum absolute atomic E-state index is 13.9. The van der Waals surface area contributed by atoms with Crippen LogP contribution >= 0.6 is 0 Å². The molecule has 0 saturated carbocycles. The first kappa shape index (κ1) is 27.5. The number of aliphatic hydroxyl groups is 3. The first-order chi connectivity index (χ1) is 13.6. The Kier molecular flexibility index (Phi) is 7.22. The van der Waals surface area contributed by atoms with Crippen molar-refractivity contribution in [2.24, 2.45) is 0 Å². The fourth-order valence-corrected chi connectivity index (χ4v) is 2.29. The van der Waals surface area contributed by atoms with Gasteiger partial charge in [-0.05, 0) is 6.92 Å². The van der Waals surface area contributed by atoms with Gasteiger partial charge in [0.25, 0.3) is 0 Å². The van der Waals surface area contributed by atoms with Crippen LogP contribution in [0.2, 0.25) is 0 Å². The van der Waals surface area contributed by atoms with E-state index in [0.717, 1.165) is 0 Å². The van der Waals surface area contributed by atoms with Gasteiger partial charge in [0, 0.05) is 0 Å². The Labute approximate surface area is 163 Å². The Morgan fingerprint density at radius 3 is 1.65 bits per heavy atom. The Bertz CT molecular complexity index is 669. The fraction of sp³-hybridized carbons (Fsp3) is 0.923. The van der Waals surface area contributed by atoms with E-state index in [2.05, 4.69) is 9.47 Å². The van der Waals surface area contributed by atoms with E-state index in [-0.39, 0.29) is 6.92 Å². The number of aliphatic carboxylic acids is 1. The summed E-state index contributed by atoms with van der Waals surface area (Å²) in [7, 11) is 0. The van der Waals surface area contributed by atoms with Gasteiger partial charge in [-0.25, -0.2) is 4.79 Å². The molecule has 1 unspecified atom stereocenters. The maximum Gasteiger partial charge on any atom is 0.460 e. The number of alkyl halides is 11. The minimum absolute atomic E-state index is 0.223. The number of hydrogen-bond acceptors (Lipinski definition) is 6. The van der Waals surface area contributed by atoms with Gasteiger partial charge in [-0.1, -0.05) is 0 Å². The highest BCUT2D eigenvalue weighted by Crippen LogP contribution is 2.58. The van der Waals surface area contributed by atoms with Crippen LogP contribution in [-0.4, -0.2) is 93.1 Å². The first-order valence-electron chi connectivity index (χ1n) is 7.71. The summed E-state index contributed by atoms with van der Waals surface area (Å²) < 4.78 is 152. The van der Waals surface area contributed by atoms with Gasteiger partial charge in [0.1, 0.15) is 24.4 Å². The number of hydrogen-bond donors (Lipinski definition) is 4. The van der Waals surface area contributed by atoms with Crippen molar-refractivity contribution in [2.45, 2.75) is 73.6 Å². The lowest BCUT2D eigenvalue weighted by atomic mass is 9.94. The molecule has 0 radical (unpaired) electrons. The molecule has 1 heterocycles. The molecule has 1 saturated heterocycles. The molecule has 1 aliphatic rings. The average molecular weight is 490 g/mol. The van der Waals surface area contributed by atoms with Gasteiger partial charge < -0.3 is 29.9 Å². The van der Waals surface area contributed by atoms with E-state index in [0.29, 0.717) is 0 Å². The van der Waals surface area contributed by atoms with Crippen molar-refractivity contribution in [2.75, 3.05) is 0 Å². The molecule has 0 amide bonds. The average Bonchev–Trinajstić information content (AvgIpc) is 2.60. The van der Waals surface area contributed by atoms with Gasteiger partial charge in [0.15, 0.2) is 12.4 Å². The summed E-state index contributed by atoms with van der Waals surface area (Å²) in [6, 6.07) is 0. The summed E-state index contributed by atoms with van der Waals surface area (Å²) in [5, 5.41) is 37.1. The van der Waals surface area contributed by atoms with E-state index >= 15 is 0 Å². The van der Waals surface area contributed by atoms with Crippen LogP contribution in [0.3, 0.4) is 0 Å². The minimum Gasteiger partial charge on any atom is -0.479 e. The molecule has 31 heavy (non-hydrogen) atoms. The number of aliphatic hydroxyl groups excluding tert-OH is 3. The predicted molar refractivity (Wildman–Crippen MR) is 70.7 cm³/mol. The van der Waals surface area contributed by atoms with E-state index in [1.165, 1.54) is 0 Å². The Hall–Kier alpha value is -1.50. The van der Waals surface area contributed by atoms with Crippen molar-refractivity contribution in [1.29, 1.82) is 0 Å². The van der Waals surface area contributed by atoms with Gasteiger partial charge >= 0.3 is 35.8 Å². The van der Waals surface area contributed by atoms with Gasteiger partial charge in [-0.2, -0.15) is 48.3 Å². The molecule has 1 fully saturated rings. The molecule has 0 aliphatic carbocycles. The minimum atomic E-state index is -7.70. The summed E-state index contributed by atoms with van der Waals surface area (Å²) >= 11 is 0. The topological polar surface area (TPSA) is 116 Å². The number of rotatable bonds is 7. The standard InChI is InChI=1S/C13H13F11O7/c1-2(30-8-5(27)3(25)4(26)6(31-8)7(28)29)9(14,15)10(16,17)11(18,19)12(20,21)13(22,23)24/h2-6,8,25-27H,1H3,(H,28,29)/t2?,3-,4-,5+,6-,8+/m0/s1. The second-order valence-corrected chi connectivity index (χ2v) is 6.36. The number of ether oxygens (including phenoxy) is 2. The molecular formula is C13H13F11O7. The van der Waals surface area contributed by atoms with Crippen molar-refractivity contribution >= 4 is 5.97 Å². The van der Waals surface area contributed by atoms with E-state index in [4.69, 9.17) is 5.11 Å². The highest BCUT2D eigenvalue weighted by atomic mass is 19.4. The molecule has 0 aromatic heterocycles. The molecule has 0 aromatic rings. The third-order valence-corrected chi connectivity index (χ3v) is 4.23. The summed E-state index contributed by atoms with van der Waals surface area (Å²) in [5.74, 6) is -31.4. The van der Waals surface area contributed by atoms with Crippen LogP contribution in [0, 0.1) is 0 Å². The zero-order valence-corrected chi connectivity index (χ0v) is 14.6. The number of carboxylic acids is 1. The second kappa shape index (κ2) is 8.13. The number of halogens is 11. The molecule has 0 bridgehead atoms. The summed E-state index contributed by atoms with van der Waals surface area (Å²) in [6.45, 7) is -0.223. The van der Waals surface area contributed by atoms with E-state index in [1.807, 2.05) is 0 Å². The van der Waals surface area contributed by atoms with Crippen molar-refractivity contribution in [3.05, 3.63) is 0 Å². The van der Waals surface area contributed by atoms with Crippen LogP contribution in [0.25, 0.3) is 0 Å². The summed E-state index contributed by atoms with van der Waals surface area (Å²) in [5.41, 5.74) is 0. The van der Waals surface area contributed by atoms with Gasteiger partial charge in [0.05, 0.1) is 0 Å². The lowest BCUT2D eigenvalue weighted by molar-refractivity contribution is -0.433. The zero-order valence-electron chi connectivity index (χ0n) is 14.6. The molecule has 184 valence electrons. The van der Waals surface area contributed by atoms with Crippen LogP contribution in [0.4, 0.5) is 48.3 Å². The molecule has 6 atom stereocenters. The predicted octanol–water partition coefficient (Wildman–Crippen LogP) is 1.39. The van der Waals surface area contributed by atoms with Crippen molar-refractivity contribution < 1.29 is 83.0 Å². The van der Waals surface area contributed by atoms with Crippen molar-refractivity contribution in [1.82, 2.24) is 0 Å².